The van der Waals surface area contributed by atoms with Gasteiger partial charge in [-0.2, -0.15) is 5.10 Å². The normalized spacial score (nSPS) is 17.7. The van der Waals surface area contributed by atoms with Gasteiger partial charge in [0.05, 0.1) is 25.1 Å². The Hall–Kier alpha value is -2.67. The number of aryl methyl sites for hydroxylation is 2. The van der Waals surface area contributed by atoms with Crippen LogP contribution in [0.3, 0.4) is 0 Å². The first-order valence-corrected chi connectivity index (χ1v) is 9.89. The zero-order valence-corrected chi connectivity index (χ0v) is 16.6. The number of carbonyl (C=O) groups excluding carboxylic acids is 1. The number of nitrogens with zero attached hydrogens (tertiary/aromatic N) is 5. The number of ether oxygens (including phenoxy) is 1. The lowest BCUT2D eigenvalue weighted by atomic mass is 10.1. The summed E-state index contributed by atoms with van der Waals surface area (Å²) in [6.45, 7) is 10.3. The van der Waals surface area contributed by atoms with Gasteiger partial charge in [-0.15, -0.1) is 5.10 Å². The monoisotopic (exact) mass is 381 g/mol. The van der Waals surface area contributed by atoms with E-state index in [1.807, 2.05) is 36.2 Å². The predicted octanol–water partition coefficient (Wildman–Crippen LogP) is 1.89. The smallest absolute Gasteiger partial charge is 0.253 e. The van der Waals surface area contributed by atoms with Crippen LogP contribution in [0.15, 0.2) is 30.5 Å². The third-order valence-corrected chi connectivity index (χ3v) is 5.65. The van der Waals surface area contributed by atoms with Crippen LogP contribution < -0.4 is 9.80 Å². The number of benzene rings is 1. The van der Waals surface area contributed by atoms with Crippen LogP contribution >= 0.6 is 0 Å². The second-order valence-electron chi connectivity index (χ2n) is 7.45. The van der Waals surface area contributed by atoms with Gasteiger partial charge in [0.15, 0.2) is 5.82 Å². The molecule has 148 valence electrons. The van der Waals surface area contributed by atoms with Gasteiger partial charge in [-0.05, 0) is 37.1 Å². The second-order valence-corrected chi connectivity index (χ2v) is 7.45. The summed E-state index contributed by atoms with van der Waals surface area (Å²) in [5.74, 6) is 0.984. The van der Waals surface area contributed by atoms with Crippen LogP contribution in [0.25, 0.3) is 0 Å². The topological polar surface area (TPSA) is 61.8 Å². The number of anilines is 2. The zero-order chi connectivity index (χ0) is 19.5. The van der Waals surface area contributed by atoms with Crippen molar-refractivity contribution in [3.8, 4) is 0 Å². The van der Waals surface area contributed by atoms with Crippen LogP contribution in [0.1, 0.15) is 21.5 Å². The van der Waals surface area contributed by atoms with Crippen molar-refractivity contribution >= 4 is 17.4 Å². The number of rotatable bonds is 3. The molecule has 0 N–H and O–H groups in total. The number of piperazine rings is 1. The summed E-state index contributed by atoms with van der Waals surface area (Å²) >= 11 is 0. The Morgan fingerprint density at radius 3 is 2.39 bits per heavy atom. The molecule has 0 bridgehead atoms. The van der Waals surface area contributed by atoms with Gasteiger partial charge in [0.1, 0.15) is 0 Å². The third-order valence-electron chi connectivity index (χ3n) is 5.65. The summed E-state index contributed by atoms with van der Waals surface area (Å²) in [5.41, 5.74) is 4.22. The molecular weight excluding hydrogens is 354 g/mol. The maximum atomic E-state index is 12.8. The second kappa shape index (κ2) is 8.14. The molecule has 0 saturated carbocycles. The van der Waals surface area contributed by atoms with Crippen molar-refractivity contribution in [3.05, 3.63) is 47.2 Å². The van der Waals surface area contributed by atoms with E-state index in [-0.39, 0.29) is 5.91 Å². The molecule has 1 aromatic carbocycles. The minimum Gasteiger partial charge on any atom is -0.378 e. The van der Waals surface area contributed by atoms with E-state index >= 15 is 0 Å². The van der Waals surface area contributed by atoms with Crippen molar-refractivity contribution in [2.45, 2.75) is 13.8 Å². The Kier molecular flexibility index (Phi) is 5.43. The van der Waals surface area contributed by atoms with Gasteiger partial charge in [-0.1, -0.05) is 6.07 Å². The van der Waals surface area contributed by atoms with E-state index in [1.165, 1.54) is 5.56 Å². The zero-order valence-electron chi connectivity index (χ0n) is 16.6. The Morgan fingerprint density at radius 1 is 0.929 bits per heavy atom. The highest BCUT2D eigenvalue weighted by molar-refractivity contribution is 5.94. The number of carbonyl (C=O) groups is 1. The van der Waals surface area contributed by atoms with Crippen molar-refractivity contribution in [2.24, 2.45) is 0 Å². The summed E-state index contributed by atoms with van der Waals surface area (Å²) in [5, 5.41) is 8.52. The molecule has 2 aromatic rings. The first-order chi connectivity index (χ1) is 13.6. The lowest BCUT2D eigenvalue weighted by Gasteiger charge is -2.36. The number of hydrogen-bond donors (Lipinski definition) is 0. The molecule has 4 rings (SSSR count). The molecule has 2 aliphatic rings. The van der Waals surface area contributed by atoms with E-state index in [4.69, 9.17) is 4.74 Å². The van der Waals surface area contributed by atoms with Crippen molar-refractivity contribution in [3.63, 3.8) is 0 Å². The summed E-state index contributed by atoms with van der Waals surface area (Å²) in [4.78, 5) is 19.2. The Morgan fingerprint density at radius 2 is 1.68 bits per heavy atom. The average molecular weight is 381 g/mol. The maximum Gasteiger partial charge on any atom is 0.253 e. The highest BCUT2D eigenvalue weighted by Crippen LogP contribution is 2.21. The third kappa shape index (κ3) is 3.94. The Balaban J connectivity index is 1.40. The van der Waals surface area contributed by atoms with Crippen LogP contribution in [0.2, 0.25) is 0 Å². The molecule has 1 aromatic heterocycles. The maximum absolute atomic E-state index is 12.8. The van der Waals surface area contributed by atoms with Crippen molar-refractivity contribution < 1.29 is 9.53 Å². The van der Waals surface area contributed by atoms with Crippen molar-refractivity contribution in [2.75, 3.05) is 62.3 Å². The molecular formula is C21H27N5O2. The molecule has 2 saturated heterocycles. The number of hydrogen-bond acceptors (Lipinski definition) is 6. The standard InChI is InChI=1S/C21H27N5O2/c1-16-3-4-18(13-17(16)2)21(27)26-7-5-25(6-8-26)20-14-19(15-22-23-20)24-9-11-28-12-10-24/h3-4,13-15H,5-12H2,1-2H3. The summed E-state index contributed by atoms with van der Waals surface area (Å²) < 4.78 is 5.43. The van der Waals surface area contributed by atoms with Gasteiger partial charge in [0.25, 0.3) is 5.91 Å². The molecule has 2 aliphatic heterocycles. The van der Waals surface area contributed by atoms with E-state index in [9.17, 15) is 4.79 Å². The van der Waals surface area contributed by atoms with Gasteiger partial charge < -0.3 is 19.4 Å². The van der Waals surface area contributed by atoms with Gasteiger partial charge in [-0.25, -0.2) is 0 Å². The minimum atomic E-state index is 0.107. The Bertz CT molecular complexity index is 842. The SMILES string of the molecule is Cc1ccc(C(=O)N2CCN(c3cc(N4CCOCC4)cnn3)CC2)cc1C. The van der Waals surface area contributed by atoms with Gasteiger partial charge >= 0.3 is 0 Å². The van der Waals surface area contributed by atoms with Crippen LogP contribution in [0, 0.1) is 13.8 Å². The van der Waals surface area contributed by atoms with E-state index in [1.54, 1.807) is 0 Å². The summed E-state index contributed by atoms with van der Waals surface area (Å²) in [7, 11) is 0. The van der Waals surface area contributed by atoms with Crippen LogP contribution in [0.5, 0.6) is 0 Å². The van der Waals surface area contributed by atoms with Crippen molar-refractivity contribution in [1.29, 1.82) is 0 Å². The highest BCUT2D eigenvalue weighted by atomic mass is 16.5. The molecule has 28 heavy (non-hydrogen) atoms. The van der Waals surface area contributed by atoms with E-state index in [0.717, 1.165) is 62.0 Å². The molecule has 3 heterocycles. The number of amides is 1. The quantitative estimate of drug-likeness (QED) is 0.809. The molecule has 7 nitrogen and oxygen atoms in total. The van der Waals surface area contributed by atoms with E-state index < -0.39 is 0 Å². The van der Waals surface area contributed by atoms with Gasteiger partial charge in [-0.3, -0.25) is 4.79 Å². The van der Waals surface area contributed by atoms with Crippen LogP contribution in [-0.2, 0) is 4.74 Å². The van der Waals surface area contributed by atoms with Crippen molar-refractivity contribution in [1.82, 2.24) is 15.1 Å². The lowest BCUT2D eigenvalue weighted by molar-refractivity contribution is 0.0746. The molecule has 1 amide bonds. The number of morpholine rings is 1. The fourth-order valence-electron chi connectivity index (χ4n) is 3.69. The molecule has 0 aliphatic carbocycles. The van der Waals surface area contributed by atoms with Crippen LogP contribution in [-0.4, -0.2) is 73.5 Å². The first-order valence-electron chi connectivity index (χ1n) is 9.89. The summed E-state index contributed by atoms with van der Waals surface area (Å²) in [6, 6.07) is 8.03. The molecule has 7 heteroatoms. The van der Waals surface area contributed by atoms with Crippen LogP contribution in [0.4, 0.5) is 11.5 Å². The van der Waals surface area contributed by atoms with Gasteiger partial charge in [0.2, 0.25) is 0 Å². The summed E-state index contributed by atoms with van der Waals surface area (Å²) in [6.07, 6.45) is 1.81. The molecule has 0 spiro atoms. The highest BCUT2D eigenvalue weighted by Gasteiger charge is 2.24. The molecule has 2 fully saturated rings. The molecule has 0 atom stereocenters. The first kappa shape index (κ1) is 18.7. The largest absolute Gasteiger partial charge is 0.378 e. The van der Waals surface area contributed by atoms with Gasteiger partial charge in [0, 0.05) is 50.9 Å². The minimum absolute atomic E-state index is 0.107. The Labute approximate surface area is 165 Å². The lowest BCUT2D eigenvalue weighted by Crippen LogP contribution is -2.49. The molecule has 0 unspecified atom stereocenters. The average Bonchev–Trinajstić information content (AvgIpc) is 2.76. The molecule has 0 radical (unpaired) electrons. The van der Waals surface area contributed by atoms with E-state index in [0.29, 0.717) is 13.1 Å². The fraction of sp³-hybridized carbons (Fsp3) is 0.476. The predicted molar refractivity (Wildman–Crippen MR) is 109 cm³/mol. The fourth-order valence-corrected chi connectivity index (χ4v) is 3.69. The number of aromatic nitrogens is 2. The van der Waals surface area contributed by atoms with E-state index in [2.05, 4.69) is 33.0 Å².